The number of amides is 3. The number of aliphatic imine (C=N–C) groups is 1. The lowest BCUT2D eigenvalue weighted by Crippen LogP contribution is -2.44. The first-order chi connectivity index (χ1) is 12.0. The Morgan fingerprint density at radius 2 is 1.77 bits per heavy atom. The third kappa shape index (κ3) is 4.07. The second kappa shape index (κ2) is 7.86. The zero-order valence-electron chi connectivity index (χ0n) is 14.0. The lowest BCUT2D eigenvalue weighted by atomic mass is 10.2. The van der Waals surface area contributed by atoms with E-state index in [4.69, 9.17) is 46.4 Å². The minimum Gasteiger partial charge on any atom is -0.287 e. The fourth-order valence-corrected chi connectivity index (χ4v) is 2.89. The molecule has 0 aromatic heterocycles. The Labute approximate surface area is 170 Å². The van der Waals surface area contributed by atoms with Crippen LogP contribution in [0.1, 0.15) is 0 Å². The maximum atomic E-state index is 14.2. The number of amidine groups is 1. The maximum absolute atomic E-state index is 14.2. The summed E-state index contributed by atoms with van der Waals surface area (Å²) in [6, 6.07) is 4.75. The van der Waals surface area contributed by atoms with Crippen molar-refractivity contribution in [2.24, 2.45) is 4.99 Å². The van der Waals surface area contributed by atoms with Gasteiger partial charge in [-0.15, -0.1) is 11.6 Å². The number of hydrogen-bond acceptors (Lipinski definition) is 4. The average molecular weight is 444 g/mol. The second-order valence-corrected chi connectivity index (χ2v) is 8.55. The van der Waals surface area contributed by atoms with Crippen molar-refractivity contribution in [3.63, 3.8) is 0 Å². The molecule has 1 heterocycles. The molecule has 11 heteroatoms. The first-order valence-corrected chi connectivity index (χ1v) is 8.85. The Hall–Kier alpha value is -1.12. The highest BCUT2D eigenvalue weighted by atomic mass is 35.6. The van der Waals surface area contributed by atoms with Crippen molar-refractivity contribution in [1.82, 2.24) is 9.80 Å². The molecule has 1 aliphatic rings. The number of imide groups is 1. The van der Waals surface area contributed by atoms with Gasteiger partial charge >= 0.3 is 6.03 Å². The van der Waals surface area contributed by atoms with Crippen LogP contribution in [0.25, 0.3) is 0 Å². The van der Waals surface area contributed by atoms with Crippen molar-refractivity contribution in [3.8, 4) is 0 Å². The van der Waals surface area contributed by atoms with E-state index in [0.29, 0.717) is 0 Å². The van der Waals surface area contributed by atoms with Gasteiger partial charge in [0.25, 0.3) is 5.91 Å². The molecule has 0 saturated carbocycles. The number of urea groups is 1. The summed E-state index contributed by atoms with van der Waals surface area (Å²) in [5.74, 6) is -1.73. The van der Waals surface area contributed by atoms with Gasteiger partial charge in [-0.3, -0.25) is 14.6 Å². The molecule has 1 fully saturated rings. The van der Waals surface area contributed by atoms with E-state index in [1.54, 1.807) is 14.1 Å². The normalized spacial score (nSPS) is 19.7. The maximum Gasteiger partial charge on any atom is 0.337 e. The SMILES string of the molecule is CN1C(=O)C(=NC(C(Cl)C(Cl)(Cl)Cl)N(C)C)N(c2ccccc2F)C1=O. The van der Waals surface area contributed by atoms with Crippen LogP contribution in [0.5, 0.6) is 0 Å². The summed E-state index contributed by atoms with van der Waals surface area (Å²) in [5.41, 5.74) is -0.119. The second-order valence-electron chi connectivity index (χ2n) is 5.71. The van der Waals surface area contributed by atoms with Crippen LogP contribution in [0.3, 0.4) is 0 Å². The van der Waals surface area contributed by atoms with Gasteiger partial charge in [-0.1, -0.05) is 46.9 Å². The molecule has 0 aliphatic carbocycles. The van der Waals surface area contributed by atoms with Crippen molar-refractivity contribution in [3.05, 3.63) is 30.1 Å². The number of nitrogens with zero attached hydrogens (tertiary/aromatic N) is 4. The predicted molar refractivity (Wildman–Crippen MR) is 102 cm³/mol. The van der Waals surface area contributed by atoms with Gasteiger partial charge in [0.1, 0.15) is 17.4 Å². The molecule has 2 atom stereocenters. The molecule has 0 spiro atoms. The highest BCUT2D eigenvalue weighted by molar-refractivity contribution is 6.70. The summed E-state index contributed by atoms with van der Waals surface area (Å²) in [6.07, 6.45) is -0.975. The molecule has 1 saturated heterocycles. The van der Waals surface area contributed by atoms with Crippen LogP contribution in [0.15, 0.2) is 29.3 Å². The van der Waals surface area contributed by atoms with Gasteiger partial charge in [-0.25, -0.2) is 19.1 Å². The first-order valence-electron chi connectivity index (χ1n) is 7.28. The molecule has 142 valence electrons. The van der Waals surface area contributed by atoms with Gasteiger partial charge in [0.15, 0.2) is 0 Å². The molecular formula is C15H15Cl4FN4O2. The molecule has 1 aromatic carbocycles. The third-order valence-corrected chi connectivity index (χ3v) is 5.23. The lowest BCUT2D eigenvalue weighted by Gasteiger charge is -2.30. The quantitative estimate of drug-likeness (QED) is 0.528. The molecule has 2 rings (SSSR count). The van der Waals surface area contributed by atoms with Crippen LogP contribution in [-0.4, -0.2) is 64.1 Å². The van der Waals surface area contributed by atoms with E-state index in [2.05, 4.69) is 4.99 Å². The van der Waals surface area contributed by atoms with Crippen LogP contribution < -0.4 is 4.90 Å². The lowest BCUT2D eigenvalue weighted by molar-refractivity contribution is -0.119. The van der Waals surface area contributed by atoms with Gasteiger partial charge < -0.3 is 0 Å². The molecule has 1 aliphatic heterocycles. The molecule has 0 bridgehead atoms. The van der Waals surface area contributed by atoms with Crippen molar-refractivity contribution in [2.45, 2.75) is 15.3 Å². The molecule has 0 N–H and O–H groups in total. The Morgan fingerprint density at radius 3 is 2.27 bits per heavy atom. The van der Waals surface area contributed by atoms with Gasteiger partial charge in [0.2, 0.25) is 9.63 Å². The summed E-state index contributed by atoms with van der Waals surface area (Å²) >= 11 is 23.7. The zero-order valence-corrected chi connectivity index (χ0v) is 17.0. The Morgan fingerprint density at radius 1 is 1.19 bits per heavy atom. The molecule has 26 heavy (non-hydrogen) atoms. The van der Waals surface area contributed by atoms with E-state index in [-0.39, 0.29) is 11.5 Å². The summed E-state index contributed by atoms with van der Waals surface area (Å²) in [5, 5.41) is -1.15. The van der Waals surface area contributed by atoms with Crippen LogP contribution in [0.2, 0.25) is 0 Å². The smallest absolute Gasteiger partial charge is 0.287 e. The minimum absolute atomic E-state index is 0.119. The van der Waals surface area contributed by atoms with Crippen molar-refractivity contribution in [2.75, 3.05) is 26.0 Å². The molecular weight excluding hydrogens is 429 g/mol. The zero-order chi connectivity index (χ0) is 19.8. The van der Waals surface area contributed by atoms with Crippen LogP contribution in [-0.2, 0) is 4.79 Å². The van der Waals surface area contributed by atoms with Crippen LogP contribution >= 0.6 is 46.4 Å². The minimum atomic E-state index is -1.89. The van der Waals surface area contributed by atoms with Gasteiger partial charge in [0, 0.05) is 7.05 Å². The monoisotopic (exact) mass is 442 g/mol. The molecule has 3 amide bonds. The van der Waals surface area contributed by atoms with E-state index in [0.717, 1.165) is 15.9 Å². The Kier molecular flexibility index (Phi) is 6.40. The number of carbonyl (C=O) groups excluding carboxylic acids is 2. The average Bonchev–Trinajstić information content (AvgIpc) is 2.75. The largest absolute Gasteiger partial charge is 0.337 e. The molecule has 6 nitrogen and oxygen atoms in total. The summed E-state index contributed by atoms with van der Waals surface area (Å²) in [6.45, 7) is 0. The molecule has 0 radical (unpaired) electrons. The van der Waals surface area contributed by atoms with E-state index in [1.807, 2.05) is 0 Å². The summed E-state index contributed by atoms with van der Waals surface area (Å²) in [4.78, 5) is 32.4. The number of para-hydroxylation sites is 1. The highest BCUT2D eigenvalue weighted by Crippen LogP contribution is 2.37. The number of rotatable bonds is 4. The van der Waals surface area contributed by atoms with Gasteiger partial charge in [-0.05, 0) is 26.2 Å². The van der Waals surface area contributed by atoms with Gasteiger partial charge in [-0.2, -0.15) is 0 Å². The van der Waals surface area contributed by atoms with Gasteiger partial charge in [0.05, 0.1) is 5.69 Å². The number of benzene rings is 1. The summed E-state index contributed by atoms with van der Waals surface area (Å²) < 4.78 is 12.3. The topological polar surface area (TPSA) is 56.2 Å². The molecule has 1 aromatic rings. The first kappa shape index (κ1) is 21.2. The van der Waals surface area contributed by atoms with Crippen LogP contribution in [0, 0.1) is 5.82 Å². The number of alkyl halides is 4. The third-order valence-electron chi connectivity index (χ3n) is 3.64. The van der Waals surface area contributed by atoms with E-state index < -0.39 is 33.1 Å². The fourth-order valence-electron chi connectivity index (χ4n) is 2.27. The van der Waals surface area contributed by atoms with E-state index in [9.17, 15) is 14.0 Å². The highest BCUT2D eigenvalue weighted by Gasteiger charge is 2.45. The van der Waals surface area contributed by atoms with Crippen molar-refractivity contribution < 1.29 is 14.0 Å². The fraction of sp³-hybridized carbons (Fsp3) is 0.400. The van der Waals surface area contributed by atoms with Crippen molar-refractivity contribution in [1.29, 1.82) is 0 Å². The number of likely N-dealkylation sites (N-methyl/N-ethyl adjacent to an activating group) is 1. The number of halogens is 5. The predicted octanol–water partition coefficient (Wildman–Crippen LogP) is 3.49. The van der Waals surface area contributed by atoms with Crippen molar-refractivity contribution >= 4 is 69.9 Å². The molecule has 2 unspecified atom stereocenters. The number of hydrogen-bond donors (Lipinski definition) is 0. The Bertz CT molecular complexity index is 753. The number of anilines is 1. The number of carbonyl (C=O) groups is 2. The standard InChI is InChI=1S/C15H15Cl4FN4O2/c1-22(2)11(10(16)15(17,18)19)21-12-13(25)23(3)14(26)24(12)9-7-5-4-6-8(9)20/h4-7,10-11H,1-3H3. The van der Waals surface area contributed by atoms with Crippen LogP contribution in [0.4, 0.5) is 14.9 Å². The van der Waals surface area contributed by atoms with E-state index >= 15 is 0 Å². The van der Waals surface area contributed by atoms with E-state index in [1.165, 1.54) is 30.1 Å². The summed E-state index contributed by atoms with van der Waals surface area (Å²) in [7, 11) is 4.48. The Balaban J connectivity index is 2.58.